The first-order valence-electron chi connectivity index (χ1n) is 5.98. The van der Waals surface area contributed by atoms with Gasteiger partial charge < -0.3 is 9.88 Å². The molecule has 1 aromatic carbocycles. The fraction of sp³-hybridized carbons (Fsp3) is 0.357. The topological polar surface area (TPSA) is 29.9 Å². The van der Waals surface area contributed by atoms with E-state index < -0.39 is 0 Å². The lowest BCUT2D eigenvalue weighted by molar-refractivity contribution is 0.801. The van der Waals surface area contributed by atoms with Crippen LogP contribution in [0.25, 0.3) is 0 Å². The van der Waals surface area contributed by atoms with E-state index in [4.69, 9.17) is 0 Å². The molecule has 1 N–H and O–H groups in total. The molecule has 0 saturated heterocycles. The average molecular weight is 229 g/mol. The molecule has 2 rings (SSSR count). The largest absolute Gasteiger partial charge is 0.359 e. The second-order valence-corrected chi connectivity index (χ2v) is 4.53. The van der Waals surface area contributed by atoms with Gasteiger partial charge in [-0.05, 0) is 17.0 Å². The van der Waals surface area contributed by atoms with Crippen LogP contribution in [0.3, 0.4) is 0 Å². The minimum absolute atomic E-state index is 0.588. The van der Waals surface area contributed by atoms with Crippen molar-refractivity contribution in [1.29, 1.82) is 0 Å². The quantitative estimate of drug-likeness (QED) is 0.873. The molecule has 0 amide bonds. The highest BCUT2D eigenvalue weighted by Gasteiger charge is 2.02. The summed E-state index contributed by atoms with van der Waals surface area (Å²) >= 11 is 0. The Morgan fingerprint density at radius 3 is 2.53 bits per heavy atom. The van der Waals surface area contributed by atoms with E-state index in [0.717, 1.165) is 12.5 Å². The minimum atomic E-state index is 0.588. The molecule has 0 radical (unpaired) electrons. The Kier molecular flexibility index (Phi) is 3.47. The molecule has 2 aromatic rings. The number of aromatic nitrogens is 2. The highest BCUT2D eigenvalue weighted by atomic mass is 15.2. The van der Waals surface area contributed by atoms with Crippen LogP contribution in [0.2, 0.25) is 0 Å². The predicted molar refractivity (Wildman–Crippen MR) is 71.4 cm³/mol. The van der Waals surface area contributed by atoms with Gasteiger partial charge in [0.15, 0.2) is 0 Å². The summed E-state index contributed by atoms with van der Waals surface area (Å²) in [6.45, 7) is 5.28. The zero-order chi connectivity index (χ0) is 12.3. The summed E-state index contributed by atoms with van der Waals surface area (Å²) in [5.74, 6) is 1.49. The molecule has 3 heteroatoms. The predicted octanol–water partition coefficient (Wildman–Crippen LogP) is 3.10. The van der Waals surface area contributed by atoms with Crippen molar-refractivity contribution in [2.24, 2.45) is 0 Å². The van der Waals surface area contributed by atoms with E-state index >= 15 is 0 Å². The third-order valence-electron chi connectivity index (χ3n) is 2.94. The number of hydrogen-bond acceptors (Lipinski definition) is 2. The van der Waals surface area contributed by atoms with E-state index in [1.54, 1.807) is 0 Å². The third kappa shape index (κ3) is 2.67. The maximum absolute atomic E-state index is 4.23. The number of imidazole rings is 1. The van der Waals surface area contributed by atoms with Crippen LogP contribution >= 0.6 is 0 Å². The summed E-state index contributed by atoms with van der Waals surface area (Å²) in [5.41, 5.74) is 2.68. The van der Waals surface area contributed by atoms with Gasteiger partial charge >= 0.3 is 0 Å². The maximum Gasteiger partial charge on any atom is 0.202 e. The van der Waals surface area contributed by atoms with Crippen LogP contribution < -0.4 is 5.32 Å². The molecule has 1 aromatic heterocycles. The first-order chi connectivity index (χ1) is 8.20. The fourth-order valence-corrected chi connectivity index (χ4v) is 1.87. The molecule has 0 aliphatic heterocycles. The smallest absolute Gasteiger partial charge is 0.202 e. The number of benzene rings is 1. The summed E-state index contributed by atoms with van der Waals surface area (Å²) in [6.07, 6.45) is 3.80. The summed E-state index contributed by atoms with van der Waals surface area (Å²) in [5, 5.41) is 3.08. The van der Waals surface area contributed by atoms with Gasteiger partial charge in [-0.1, -0.05) is 38.1 Å². The molecule has 90 valence electrons. The third-order valence-corrected chi connectivity index (χ3v) is 2.94. The summed E-state index contributed by atoms with van der Waals surface area (Å²) in [4.78, 5) is 4.23. The molecule has 0 saturated carbocycles. The van der Waals surface area contributed by atoms with Gasteiger partial charge in [0.25, 0.3) is 0 Å². The highest BCUT2D eigenvalue weighted by molar-refractivity contribution is 5.29. The number of nitrogens with one attached hydrogen (secondary N) is 1. The van der Waals surface area contributed by atoms with Crippen molar-refractivity contribution in [2.75, 3.05) is 12.4 Å². The molecule has 0 atom stereocenters. The second-order valence-electron chi connectivity index (χ2n) is 4.53. The van der Waals surface area contributed by atoms with E-state index in [9.17, 15) is 0 Å². The zero-order valence-electron chi connectivity index (χ0n) is 10.6. The number of anilines is 1. The zero-order valence-corrected chi connectivity index (χ0v) is 10.6. The fourth-order valence-electron chi connectivity index (χ4n) is 1.87. The first kappa shape index (κ1) is 11.7. The van der Waals surface area contributed by atoms with Crippen molar-refractivity contribution < 1.29 is 0 Å². The maximum atomic E-state index is 4.23. The van der Waals surface area contributed by atoms with Crippen molar-refractivity contribution >= 4 is 5.95 Å². The van der Waals surface area contributed by atoms with Gasteiger partial charge in [-0.25, -0.2) is 4.98 Å². The van der Waals surface area contributed by atoms with Gasteiger partial charge in [-0.3, -0.25) is 0 Å². The Balaban J connectivity index is 2.14. The van der Waals surface area contributed by atoms with Crippen LogP contribution in [0.1, 0.15) is 30.9 Å². The Morgan fingerprint density at radius 2 is 1.94 bits per heavy atom. The van der Waals surface area contributed by atoms with Crippen LogP contribution in [0.15, 0.2) is 36.7 Å². The lowest BCUT2D eigenvalue weighted by Crippen LogP contribution is -2.04. The monoisotopic (exact) mass is 229 g/mol. The number of rotatable bonds is 4. The van der Waals surface area contributed by atoms with Crippen LogP contribution in [0.5, 0.6) is 0 Å². The lowest BCUT2D eigenvalue weighted by Gasteiger charge is -2.09. The lowest BCUT2D eigenvalue weighted by atomic mass is 10.0. The normalized spacial score (nSPS) is 10.8. The molecule has 0 bridgehead atoms. The standard InChI is InChI=1S/C14H19N3/c1-11(2)13-6-4-12(5-7-13)10-17-9-8-16-14(17)15-3/h4-9,11H,10H2,1-3H3,(H,15,16). The first-order valence-corrected chi connectivity index (χ1v) is 5.98. The van der Waals surface area contributed by atoms with Gasteiger partial charge in [0.2, 0.25) is 5.95 Å². The highest BCUT2D eigenvalue weighted by Crippen LogP contribution is 2.16. The van der Waals surface area contributed by atoms with E-state index in [1.165, 1.54) is 11.1 Å². The minimum Gasteiger partial charge on any atom is -0.359 e. The van der Waals surface area contributed by atoms with E-state index in [1.807, 2.05) is 19.4 Å². The van der Waals surface area contributed by atoms with Crippen LogP contribution in [-0.2, 0) is 6.54 Å². The van der Waals surface area contributed by atoms with Gasteiger partial charge in [0, 0.05) is 19.4 Å². The van der Waals surface area contributed by atoms with Gasteiger partial charge in [-0.15, -0.1) is 0 Å². The molecule has 17 heavy (non-hydrogen) atoms. The second kappa shape index (κ2) is 5.04. The van der Waals surface area contributed by atoms with E-state index in [-0.39, 0.29) is 0 Å². The summed E-state index contributed by atoms with van der Waals surface area (Å²) in [7, 11) is 1.89. The van der Waals surface area contributed by atoms with Crippen LogP contribution in [0, 0.1) is 0 Å². The molecule has 0 aliphatic carbocycles. The van der Waals surface area contributed by atoms with Crippen molar-refractivity contribution in [3.63, 3.8) is 0 Å². The van der Waals surface area contributed by atoms with Gasteiger partial charge in [0.1, 0.15) is 0 Å². The Bertz CT molecular complexity index is 468. The van der Waals surface area contributed by atoms with Gasteiger partial charge in [0.05, 0.1) is 6.54 Å². The average Bonchev–Trinajstić information content (AvgIpc) is 2.77. The number of hydrogen-bond donors (Lipinski definition) is 1. The van der Waals surface area contributed by atoms with Crippen molar-refractivity contribution in [3.05, 3.63) is 47.8 Å². The molecular weight excluding hydrogens is 210 g/mol. The Hall–Kier alpha value is -1.77. The van der Waals surface area contributed by atoms with E-state index in [2.05, 4.69) is 53.0 Å². The van der Waals surface area contributed by atoms with Crippen molar-refractivity contribution in [2.45, 2.75) is 26.3 Å². The summed E-state index contributed by atoms with van der Waals surface area (Å²) < 4.78 is 2.10. The molecule has 0 spiro atoms. The van der Waals surface area contributed by atoms with Gasteiger partial charge in [-0.2, -0.15) is 0 Å². The van der Waals surface area contributed by atoms with E-state index in [0.29, 0.717) is 5.92 Å². The SMILES string of the molecule is CNc1nccn1Cc1ccc(C(C)C)cc1. The van der Waals surface area contributed by atoms with Crippen molar-refractivity contribution in [1.82, 2.24) is 9.55 Å². The molecular formula is C14H19N3. The Labute approximate surface area is 103 Å². The van der Waals surface area contributed by atoms with Crippen LogP contribution in [0.4, 0.5) is 5.95 Å². The molecule has 0 aliphatic rings. The molecule has 3 nitrogen and oxygen atoms in total. The molecule has 0 unspecified atom stereocenters. The molecule has 1 heterocycles. The molecule has 0 fully saturated rings. The Morgan fingerprint density at radius 1 is 1.24 bits per heavy atom. The van der Waals surface area contributed by atoms with Crippen LogP contribution in [-0.4, -0.2) is 16.6 Å². The number of nitrogens with zero attached hydrogens (tertiary/aromatic N) is 2. The van der Waals surface area contributed by atoms with Crippen molar-refractivity contribution in [3.8, 4) is 0 Å². The summed E-state index contributed by atoms with van der Waals surface area (Å²) in [6, 6.07) is 8.79.